The van der Waals surface area contributed by atoms with Crippen molar-refractivity contribution in [3.05, 3.63) is 48.5 Å². The van der Waals surface area contributed by atoms with Crippen LogP contribution in [0.25, 0.3) is 0 Å². The van der Waals surface area contributed by atoms with E-state index in [9.17, 15) is 14.4 Å². The predicted molar refractivity (Wildman–Crippen MR) is 206 cm³/mol. The minimum atomic E-state index is -4.11. The molecular weight excluding hydrogens is 706 g/mol. The fourth-order valence-corrected chi connectivity index (χ4v) is 9.59. The standard InChI is InChI=1S/C38H56N3O7PS2/c1-10-13-32(49(45,47-26-16-20-28(50-8)21-17-26)48-27-18-22-29(51-9)23-19-27)39-34(42)31-24-25-14-11-12-15-30(25)41(31)35(43)33(37(2,3)4)40-36(44)46-38(5,6)7/h16-23,25,30-33H,10-15,24H2,1-9H3,(H,39,42)(H,40,44)/t25-,30-,31-,32+,33+/m0/s1. The van der Waals surface area contributed by atoms with Crippen molar-refractivity contribution in [3.8, 4) is 11.5 Å². The molecule has 282 valence electrons. The first kappa shape index (κ1) is 40.9. The Morgan fingerprint density at radius 3 is 1.86 bits per heavy atom. The average Bonchev–Trinajstić information content (AvgIpc) is 3.46. The molecule has 0 radical (unpaired) electrons. The van der Waals surface area contributed by atoms with E-state index in [0.29, 0.717) is 30.8 Å². The van der Waals surface area contributed by atoms with Crippen LogP contribution in [0, 0.1) is 11.3 Å². The molecule has 2 fully saturated rings. The summed E-state index contributed by atoms with van der Waals surface area (Å²) in [7, 11) is -4.11. The third kappa shape index (κ3) is 10.9. The van der Waals surface area contributed by atoms with Gasteiger partial charge in [-0.15, -0.1) is 23.5 Å². The molecule has 1 aliphatic heterocycles. The van der Waals surface area contributed by atoms with Gasteiger partial charge in [0.1, 0.15) is 29.2 Å². The second-order valence-electron chi connectivity index (χ2n) is 15.4. The van der Waals surface area contributed by atoms with Crippen LogP contribution in [0.4, 0.5) is 4.79 Å². The van der Waals surface area contributed by atoms with Crippen molar-refractivity contribution in [2.24, 2.45) is 11.3 Å². The van der Waals surface area contributed by atoms with Crippen LogP contribution in [-0.2, 0) is 18.9 Å². The Bertz CT molecular complexity index is 1490. The van der Waals surface area contributed by atoms with Gasteiger partial charge in [0.05, 0.1) is 0 Å². The van der Waals surface area contributed by atoms with Crippen molar-refractivity contribution in [1.29, 1.82) is 0 Å². The summed E-state index contributed by atoms with van der Waals surface area (Å²) < 4.78 is 33.0. The molecule has 3 amide bonds. The monoisotopic (exact) mass is 761 g/mol. The molecule has 13 heteroatoms. The van der Waals surface area contributed by atoms with E-state index in [1.807, 2.05) is 64.5 Å². The number of carbonyl (C=O) groups excluding carboxylic acids is 3. The zero-order valence-corrected chi connectivity index (χ0v) is 34.1. The molecule has 1 heterocycles. The third-order valence-electron chi connectivity index (χ3n) is 9.26. The maximum Gasteiger partial charge on any atom is 0.452 e. The van der Waals surface area contributed by atoms with Gasteiger partial charge in [0, 0.05) is 15.8 Å². The Kier molecular flexibility index (Phi) is 13.9. The van der Waals surface area contributed by atoms with E-state index >= 15 is 4.57 Å². The van der Waals surface area contributed by atoms with Gasteiger partial charge in [0.25, 0.3) is 0 Å². The number of amides is 3. The number of likely N-dealkylation sites (tertiary alicyclic amines) is 1. The largest absolute Gasteiger partial charge is 0.452 e. The zero-order valence-electron chi connectivity index (χ0n) is 31.5. The number of hydrogen-bond acceptors (Lipinski definition) is 9. The average molecular weight is 762 g/mol. The van der Waals surface area contributed by atoms with E-state index in [0.717, 1.165) is 35.5 Å². The lowest BCUT2D eigenvalue weighted by Gasteiger charge is -2.40. The highest BCUT2D eigenvalue weighted by molar-refractivity contribution is 7.98. The van der Waals surface area contributed by atoms with Crippen molar-refractivity contribution in [2.45, 2.75) is 133 Å². The Hall–Kier alpha value is -2.82. The third-order valence-corrected chi connectivity index (χ3v) is 12.8. The highest BCUT2D eigenvalue weighted by Crippen LogP contribution is 2.54. The summed E-state index contributed by atoms with van der Waals surface area (Å²) >= 11 is 3.16. The van der Waals surface area contributed by atoms with E-state index in [-0.39, 0.29) is 17.9 Å². The molecule has 2 aromatic carbocycles. The molecular formula is C38H56N3O7PS2. The first-order valence-electron chi connectivity index (χ1n) is 17.9. The number of hydrogen-bond donors (Lipinski definition) is 2. The number of nitrogens with one attached hydrogen (secondary N) is 2. The van der Waals surface area contributed by atoms with Crippen molar-refractivity contribution in [3.63, 3.8) is 0 Å². The van der Waals surface area contributed by atoms with Crippen molar-refractivity contribution in [2.75, 3.05) is 12.5 Å². The number of fused-ring (bicyclic) bond motifs is 1. The molecule has 2 aromatic rings. The Morgan fingerprint density at radius 2 is 1.39 bits per heavy atom. The highest BCUT2D eigenvalue weighted by atomic mass is 32.2. The number of benzene rings is 2. The van der Waals surface area contributed by atoms with Crippen LogP contribution in [0.2, 0.25) is 0 Å². The molecule has 1 aliphatic carbocycles. The van der Waals surface area contributed by atoms with Gasteiger partial charge < -0.3 is 29.3 Å². The maximum absolute atomic E-state index is 15.0. The van der Waals surface area contributed by atoms with Crippen LogP contribution in [-0.4, -0.2) is 64.8 Å². The van der Waals surface area contributed by atoms with E-state index in [4.69, 9.17) is 13.8 Å². The van der Waals surface area contributed by atoms with Crippen LogP contribution in [0.3, 0.4) is 0 Å². The number of alkyl carbamates (subject to hydrolysis) is 1. The number of ether oxygens (including phenoxy) is 1. The van der Waals surface area contributed by atoms with Gasteiger partial charge in [-0.25, -0.2) is 9.36 Å². The summed E-state index contributed by atoms with van der Waals surface area (Å²) in [6.07, 6.45) is 8.27. The second-order valence-corrected chi connectivity index (χ2v) is 19.3. The van der Waals surface area contributed by atoms with Gasteiger partial charge in [0.2, 0.25) is 11.8 Å². The van der Waals surface area contributed by atoms with Gasteiger partial charge in [-0.3, -0.25) is 9.59 Å². The summed E-state index contributed by atoms with van der Waals surface area (Å²) in [5.41, 5.74) is -1.43. The molecule has 1 saturated heterocycles. The first-order chi connectivity index (χ1) is 24.0. The molecule has 2 aliphatic rings. The second kappa shape index (κ2) is 17.3. The molecule has 1 saturated carbocycles. The van der Waals surface area contributed by atoms with Crippen LogP contribution in [0.1, 0.15) is 93.4 Å². The van der Waals surface area contributed by atoms with Crippen LogP contribution < -0.4 is 19.7 Å². The normalized spacial score (nSPS) is 20.5. The van der Waals surface area contributed by atoms with Crippen LogP contribution in [0.15, 0.2) is 58.3 Å². The van der Waals surface area contributed by atoms with Crippen LogP contribution >= 0.6 is 31.1 Å². The fraction of sp³-hybridized carbons (Fsp3) is 0.605. The molecule has 5 atom stereocenters. The predicted octanol–water partition coefficient (Wildman–Crippen LogP) is 9.12. The van der Waals surface area contributed by atoms with E-state index in [1.165, 1.54) is 0 Å². The topological polar surface area (TPSA) is 123 Å². The molecule has 0 bridgehead atoms. The SMILES string of the molecule is CCC[C@H](NC(=O)[C@@H]1C[C@@H]2CCCC[C@@H]2N1C(=O)[C@@H](NC(=O)OC(C)(C)C)C(C)(C)C)P(=O)(Oc1ccc(SC)cc1)Oc1ccc(SC)cc1. The minimum Gasteiger partial charge on any atom is -0.444 e. The summed E-state index contributed by atoms with van der Waals surface area (Å²) in [6.45, 7) is 12.9. The number of rotatable bonds is 13. The van der Waals surface area contributed by atoms with Crippen LogP contribution in [0.5, 0.6) is 11.5 Å². The number of nitrogens with zero attached hydrogens (tertiary/aromatic N) is 1. The summed E-state index contributed by atoms with van der Waals surface area (Å²) in [5.74, 6) is -0.894. The molecule has 2 N–H and O–H groups in total. The molecule has 0 spiro atoms. The summed E-state index contributed by atoms with van der Waals surface area (Å²) in [4.78, 5) is 45.9. The molecule has 51 heavy (non-hydrogen) atoms. The van der Waals surface area contributed by atoms with Gasteiger partial charge in [-0.05, 0) is 119 Å². The smallest absolute Gasteiger partial charge is 0.444 e. The Morgan fingerprint density at radius 1 is 0.863 bits per heavy atom. The molecule has 4 rings (SSSR count). The van der Waals surface area contributed by atoms with Gasteiger partial charge in [-0.2, -0.15) is 0 Å². The summed E-state index contributed by atoms with van der Waals surface area (Å²) in [5, 5.41) is 5.89. The maximum atomic E-state index is 15.0. The molecule has 0 aromatic heterocycles. The quantitative estimate of drug-likeness (QED) is 0.152. The van der Waals surface area contributed by atoms with Crippen molar-refractivity contribution in [1.82, 2.24) is 15.5 Å². The van der Waals surface area contributed by atoms with Gasteiger partial charge in [-0.1, -0.05) is 47.0 Å². The van der Waals surface area contributed by atoms with Crippen molar-refractivity contribution >= 4 is 49.0 Å². The van der Waals surface area contributed by atoms with E-state index < -0.39 is 48.5 Å². The first-order valence-corrected chi connectivity index (χ1v) is 21.9. The number of carbonyl (C=O) groups is 3. The zero-order chi connectivity index (χ0) is 37.6. The lowest BCUT2D eigenvalue weighted by atomic mass is 9.83. The van der Waals surface area contributed by atoms with E-state index in [2.05, 4.69) is 10.6 Å². The Balaban J connectivity index is 1.68. The van der Waals surface area contributed by atoms with Gasteiger partial charge in [0.15, 0.2) is 5.78 Å². The Labute approximate surface area is 312 Å². The molecule has 10 nitrogen and oxygen atoms in total. The number of thioether (sulfide) groups is 2. The van der Waals surface area contributed by atoms with Gasteiger partial charge >= 0.3 is 13.7 Å². The minimum absolute atomic E-state index is 0.134. The highest BCUT2D eigenvalue weighted by Gasteiger charge is 2.52. The van der Waals surface area contributed by atoms with E-state index in [1.54, 1.807) is 73.5 Å². The van der Waals surface area contributed by atoms with Crippen molar-refractivity contribution < 1.29 is 32.7 Å². The lowest BCUT2D eigenvalue weighted by Crippen LogP contribution is -2.60. The fourth-order valence-electron chi connectivity index (χ4n) is 6.79. The molecule has 0 unspecified atom stereocenters. The summed E-state index contributed by atoms with van der Waals surface area (Å²) in [6, 6.07) is 12.6. The lowest BCUT2D eigenvalue weighted by molar-refractivity contribution is -0.144.